The minimum absolute atomic E-state index is 0.0921. The van der Waals surface area contributed by atoms with Crippen LogP contribution >= 0.6 is 0 Å². The lowest BCUT2D eigenvalue weighted by atomic mass is 10.1. The standard InChI is InChI=1S/C21H20N2O2/c1-5-12-25-17-9-7-16(8-10-17)23(4)21(24)20-13-18-15(3)14(2)6-11-19(18)22-20/h1,6-11,13,22H,12H2,2-4H3. The van der Waals surface area contributed by atoms with Gasteiger partial charge in [0.15, 0.2) is 0 Å². The molecule has 0 aliphatic heterocycles. The lowest BCUT2D eigenvalue weighted by molar-refractivity contribution is 0.0989. The van der Waals surface area contributed by atoms with Crippen molar-refractivity contribution in [3.63, 3.8) is 0 Å². The highest BCUT2D eigenvalue weighted by Gasteiger charge is 2.17. The van der Waals surface area contributed by atoms with Crippen molar-refractivity contribution in [1.82, 2.24) is 4.98 Å². The molecule has 0 unspecified atom stereocenters. The fraction of sp³-hybridized carbons (Fsp3) is 0.190. The highest BCUT2D eigenvalue weighted by Crippen LogP contribution is 2.25. The molecule has 1 amide bonds. The number of aromatic nitrogens is 1. The Morgan fingerprint density at radius 3 is 2.60 bits per heavy atom. The van der Waals surface area contributed by atoms with Crippen molar-refractivity contribution < 1.29 is 9.53 Å². The first-order valence-corrected chi connectivity index (χ1v) is 8.04. The largest absolute Gasteiger partial charge is 0.481 e. The van der Waals surface area contributed by atoms with Crippen molar-refractivity contribution in [2.45, 2.75) is 13.8 Å². The molecule has 25 heavy (non-hydrogen) atoms. The number of H-pyrrole nitrogens is 1. The van der Waals surface area contributed by atoms with Crippen LogP contribution in [0.25, 0.3) is 10.9 Å². The van der Waals surface area contributed by atoms with E-state index in [1.54, 1.807) is 24.1 Å². The molecule has 0 spiro atoms. The molecule has 0 aliphatic rings. The van der Waals surface area contributed by atoms with Gasteiger partial charge in [0.2, 0.25) is 0 Å². The van der Waals surface area contributed by atoms with Crippen LogP contribution in [0.15, 0.2) is 42.5 Å². The number of fused-ring (bicyclic) bond motifs is 1. The molecular weight excluding hydrogens is 312 g/mol. The van der Waals surface area contributed by atoms with Crippen LogP contribution in [-0.4, -0.2) is 24.5 Å². The number of hydrogen-bond acceptors (Lipinski definition) is 2. The molecule has 0 saturated heterocycles. The van der Waals surface area contributed by atoms with Crippen molar-refractivity contribution in [3.8, 4) is 18.1 Å². The summed E-state index contributed by atoms with van der Waals surface area (Å²) in [5.41, 5.74) is 4.72. The van der Waals surface area contributed by atoms with Crippen molar-refractivity contribution >= 4 is 22.5 Å². The summed E-state index contributed by atoms with van der Waals surface area (Å²) < 4.78 is 5.35. The summed E-state index contributed by atoms with van der Waals surface area (Å²) in [5, 5.41) is 1.08. The van der Waals surface area contributed by atoms with Crippen LogP contribution in [0, 0.1) is 26.2 Å². The van der Waals surface area contributed by atoms with Crippen molar-refractivity contribution in [3.05, 3.63) is 59.3 Å². The first-order valence-electron chi connectivity index (χ1n) is 8.04. The number of aromatic amines is 1. The van der Waals surface area contributed by atoms with Gasteiger partial charge in [0.25, 0.3) is 5.91 Å². The fourth-order valence-electron chi connectivity index (χ4n) is 2.76. The second-order valence-electron chi connectivity index (χ2n) is 6.00. The van der Waals surface area contributed by atoms with Gasteiger partial charge in [-0.3, -0.25) is 4.79 Å². The monoisotopic (exact) mass is 332 g/mol. The van der Waals surface area contributed by atoms with E-state index in [1.807, 2.05) is 24.3 Å². The maximum Gasteiger partial charge on any atom is 0.274 e. The number of anilines is 1. The van der Waals surface area contributed by atoms with E-state index in [4.69, 9.17) is 11.2 Å². The molecule has 0 bridgehead atoms. The topological polar surface area (TPSA) is 45.3 Å². The van der Waals surface area contributed by atoms with Crippen molar-refractivity contribution in [2.75, 3.05) is 18.6 Å². The van der Waals surface area contributed by atoms with Gasteiger partial charge in [-0.2, -0.15) is 0 Å². The minimum atomic E-state index is -0.0921. The predicted octanol–water partition coefficient (Wildman–Crippen LogP) is 4.07. The number of nitrogens with zero attached hydrogens (tertiary/aromatic N) is 1. The number of rotatable bonds is 4. The zero-order valence-corrected chi connectivity index (χ0v) is 14.6. The number of nitrogens with one attached hydrogen (secondary N) is 1. The van der Waals surface area contributed by atoms with Crippen LogP contribution < -0.4 is 9.64 Å². The van der Waals surface area contributed by atoms with Gasteiger partial charge in [0.05, 0.1) is 0 Å². The van der Waals surface area contributed by atoms with Crippen LogP contribution in [0.5, 0.6) is 5.75 Å². The number of terminal acetylenes is 1. The molecule has 1 heterocycles. The maximum atomic E-state index is 12.8. The van der Waals surface area contributed by atoms with Gasteiger partial charge in [-0.25, -0.2) is 0 Å². The van der Waals surface area contributed by atoms with Crippen LogP contribution in [0.1, 0.15) is 21.6 Å². The summed E-state index contributed by atoms with van der Waals surface area (Å²) in [5.74, 6) is 3.01. The van der Waals surface area contributed by atoms with Gasteiger partial charge in [0, 0.05) is 23.6 Å². The van der Waals surface area contributed by atoms with Gasteiger partial charge in [-0.05, 0) is 61.4 Å². The highest BCUT2D eigenvalue weighted by molar-refractivity contribution is 6.07. The lowest BCUT2D eigenvalue weighted by Crippen LogP contribution is -2.26. The van der Waals surface area contributed by atoms with Crippen LogP contribution in [-0.2, 0) is 0 Å². The third-order valence-corrected chi connectivity index (χ3v) is 4.42. The zero-order chi connectivity index (χ0) is 18.0. The van der Waals surface area contributed by atoms with Crippen molar-refractivity contribution in [1.29, 1.82) is 0 Å². The Morgan fingerprint density at radius 2 is 1.92 bits per heavy atom. The van der Waals surface area contributed by atoms with Crippen LogP contribution in [0.2, 0.25) is 0 Å². The molecule has 0 fully saturated rings. The number of ether oxygens (including phenoxy) is 1. The molecule has 126 valence electrons. The Morgan fingerprint density at radius 1 is 1.20 bits per heavy atom. The molecule has 4 nitrogen and oxygen atoms in total. The number of hydrogen-bond donors (Lipinski definition) is 1. The Balaban J connectivity index is 1.85. The lowest BCUT2D eigenvalue weighted by Gasteiger charge is -2.16. The molecule has 1 N–H and O–H groups in total. The molecule has 1 aromatic heterocycles. The van der Waals surface area contributed by atoms with E-state index in [0.717, 1.165) is 16.6 Å². The van der Waals surface area contributed by atoms with Crippen LogP contribution in [0.3, 0.4) is 0 Å². The molecule has 0 aliphatic carbocycles. The number of amides is 1. The fourth-order valence-corrected chi connectivity index (χ4v) is 2.76. The average Bonchev–Trinajstić information content (AvgIpc) is 3.07. The first kappa shape index (κ1) is 16.7. The summed E-state index contributed by atoms with van der Waals surface area (Å²) >= 11 is 0. The summed E-state index contributed by atoms with van der Waals surface area (Å²) in [7, 11) is 1.75. The van der Waals surface area contributed by atoms with Gasteiger partial charge in [0.1, 0.15) is 18.1 Å². The smallest absolute Gasteiger partial charge is 0.274 e. The maximum absolute atomic E-state index is 12.8. The van der Waals surface area contributed by atoms with E-state index in [-0.39, 0.29) is 12.5 Å². The summed E-state index contributed by atoms with van der Waals surface area (Å²) in [6, 6.07) is 13.3. The quantitative estimate of drug-likeness (QED) is 0.732. The van der Waals surface area contributed by atoms with E-state index in [9.17, 15) is 4.79 Å². The Bertz CT molecular complexity index is 962. The number of carbonyl (C=O) groups excluding carboxylic acids is 1. The van der Waals surface area contributed by atoms with Gasteiger partial charge in [-0.1, -0.05) is 12.0 Å². The molecule has 2 aromatic carbocycles. The summed E-state index contributed by atoms with van der Waals surface area (Å²) in [6.45, 7) is 4.36. The van der Waals surface area contributed by atoms with Gasteiger partial charge >= 0.3 is 0 Å². The number of aryl methyl sites for hydroxylation is 2. The van der Waals surface area contributed by atoms with E-state index in [0.29, 0.717) is 11.4 Å². The normalized spacial score (nSPS) is 10.5. The third-order valence-electron chi connectivity index (χ3n) is 4.42. The Labute approximate surface area is 147 Å². The highest BCUT2D eigenvalue weighted by atomic mass is 16.5. The zero-order valence-electron chi connectivity index (χ0n) is 14.6. The molecule has 4 heteroatoms. The first-order chi connectivity index (χ1) is 12.0. The SMILES string of the molecule is C#CCOc1ccc(N(C)C(=O)c2cc3c(C)c(C)ccc3[nH]2)cc1. The molecule has 0 saturated carbocycles. The summed E-state index contributed by atoms with van der Waals surface area (Å²) in [4.78, 5) is 17.6. The molecule has 3 aromatic rings. The second kappa shape index (κ2) is 6.74. The van der Waals surface area contributed by atoms with Gasteiger partial charge < -0.3 is 14.6 Å². The Hall–Kier alpha value is -3.19. The molecule has 0 radical (unpaired) electrons. The van der Waals surface area contributed by atoms with Gasteiger partial charge in [-0.15, -0.1) is 6.42 Å². The number of benzene rings is 2. The molecular formula is C21H20N2O2. The predicted molar refractivity (Wildman–Crippen MR) is 101 cm³/mol. The van der Waals surface area contributed by atoms with E-state index in [1.165, 1.54) is 11.1 Å². The average molecular weight is 332 g/mol. The molecule has 0 atom stereocenters. The van der Waals surface area contributed by atoms with E-state index < -0.39 is 0 Å². The van der Waals surface area contributed by atoms with E-state index >= 15 is 0 Å². The third kappa shape index (κ3) is 3.22. The van der Waals surface area contributed by atoms with Crippen LogP contribution in [0.4, 0.5) is 5.69 Å². The minimum Gasteiger partial charge on any atom is -0.481 e. The Kier molecular flexibility index (Phi) is 4.49. The molecule has 3 rings (SSSR count). The van der Waals surface area contributed by atoms with Crippen molar-refractivity contribution in [2.24, 2.45) is 0 Å². The number of carbonyl (C=O) groups is 1. The van der Waals surface area contributed by atoms with E-state index in [2.05, 4.69) is 30.8 Å². The summed E-state index contributed by atoms with van der Waals surface area (Å²) in [6.07, 6.45) is 5.18. The second-order valence-corrected chi connectivity index (χ2v) is 6.00.